The average molecular weight is 345 g/mol. The van der Waals surface area contributed by atoms with E-state index in [0.717, 1.165) is 19.4 Å². The van der Waals surface area contributed by atoms with E-state index in [4.69, 9.17) is 0 Å². The van der Waals surface area contributed by atoms with Gasteiger partial charge in [-0.15, -0.1) is 0 Å². The Morgan fingerprint density at radius 2 is 1.88 bits per heavy atom. The Labute approximate surface area is 117 Å². The maximum Gasteiger partial charge on any atom is 0.0504 e. The molecule has 1 aliphatic rings. The first-order valence-corrected chi connectivity index (χ1v) is 7.43. The zero-order valence-electron chi connectivity index (χ0n) is 10.1. The van der Waals surface area contributed by atoms with E-state index >= 15 is 0 Å². The van der Waals surface area contributed by atoms with Crippen LogP contribution in [0, 0.1) is 8.99 Å². The van der Waals surface area contributed by atoms with Crippen molar-refractivity contribution in [2.24, 2.45) is 5.41 Å². The predicted molar refractivity (Wildman–Crippen MR) is 80.3 cm³/mol. The summed E-state index contributed by atoms with van der Waals surface area (Å²) in [6.45, 7) is 1.20. The smallest absolute Gasteiger partial charge is 0.0504 e. The molecule has 0 aromatic heterocycles. The van der Waals surface area contributed by atoms with Gasteiger partial charge in [0, 0.05) is 21.2 Å². The lowest BCUT2D eigenvalue weighted by atomic mass is 9.74. The summed E-state index contributed by atoms with van der Waals surface area (Å²) >= 11 is 2.35. The van der Waals surface area contributed by atoms with Crippen molar-refractivity contribution in [2.75, 3.05) is 18.5 Å². The molecule has 0 amide bonds. The number of aliphatic hydroxyl groups excluding tert-OH is 1. The minimum Gasteiger partial charge on any atom is -0.396 e. The van der Waals surface area contributed by atoms with Gasteiger partial charge in [-0.25, -0.2) is 0 Å². The normalized spacial score (nSPS) is 18.9. The van der Waals surface area contributed by atoms with E-state index in [2.05, 4.69) is 52.2 Å². The number of aliphatic hydroxyl groups is 1. The highest BCUT2D eigenvalue weighted by Crippen LogP contribution is 2.36. The van der Waals surface area contributed by atoms with Crippen LogP contribution in [0.2, 0.25) is 0 Å². The summed E-state index contributed by atoms with van der Waals surface area (Å²) in [7, 11) is 0. The molecule has 3 heteroatoms. The fourth-order valence-electron chi connectivity index (χ4n) is 2.58. The molecule has 2 rings (SSSR count). The Morgan fingerprint density at radius 3 is 2.53 bits per heavy atom. The highest BCUT2D eigenvalue weighted by molar-refractivity contribution is 14.1. The van der Waals surface area contributed by atoms with E-state index in [1.54, 1.807) is 0 Å². The van der Waals surface area contributed by atoms with E-state index in [-0.39, 0.29) is 5.41 Å². The van der Waals surface area contributed by atoms with Gasteiger partial charge in [0.2, 0.25) is 0 Å². The van der Waals surface area contributed by atoms with Crippen LogP contribution >= 0.6 is 22.6 Å². The Balaban J connectivity index is 1.98. The first-order valence-electron chi connectivity index (χ1n) is 6.35. The second-order valence-electron chi connectivity index (χ2n) is 5.05. The number of anilines is 1. The summed E-state index contributed by atoms with van der Waals surface area (Å²) in [6.07, 6.45) is 6.15. The molecule has 0 radical (unpaired) electrons. The second kappa shape index (κ2) is 6.05. The molecular weight excluding hydrogens is 325 g/mol. The summed E-state index contributed by atoms with van der Waals surface area (Å²) in [5, 5.41) is 13.2. The monoisotopic (exact) mass is 345 g/mol. The third-order valence-corrected chi connectivity index (χ3v) is 4.72. The molecule has 0 bridgehead atoms. The molecule has 1 aliphatic carbocycles. The van der Waals surface area contributed by atoms with Crippen molar-refractivity contribution >= 4 is 28.3 Å². The molecule has 1 fully saturated rings. The average Bonchev–Trinajstić information content (AvgIpc) is 2.39. The Hall–Kier alpha value is -0.290. The van der Waals surface area contributed by atoms with E-state index in [9.17, 15) is 5.11 Å². The summed E-state index contributed by atoms with van der Waals surface area (Å²) in [5.74, 6) is 0. The summed E-state index contributed by atoms with van der Waals surface area (Å²) in [4.78, 5) is 0. The van der Waals surface area contributed by atoms with Crippen LogP contribution in [-0.4, -0.2) is 18.3 Å². The first kappa shape index (κ1) is 13.1. The van der Waals surface area contributed by atoms with E-state index in [1.807, 2.05) is 0 Å². The lowest BCUT2D eigenvalue weighted by molar-refractivity contribution is 0.0944. The Bertz CT molecular complexity index is 361. The van der Waals surface area contributed by atoms with Crippen molar-refractivity contribution in [1.29, 1.82) is 0 Å². The number of halogens is 1. The van der Waals surface area contributed by atoms with Crippen LogP contribution in [0.1, 0.15) is 32.1 Å². The zero-order valence-corrected chi connectivity index (χ0v) is 12.2. The van der Waals surface area contributed by atoms with E-state index in [1.165, 1.54) is 28.5 Å². The lowest BCUT2D eigenvalue weighted by Gasteiger charge is -2.36. The van der Waals surface area contributed by atoms with Gasteiger partial charge in [0.25, 0.3) is 0 Å². The highest BCUT2D eigenvalue weighted by Gasteiger charge is 2.31. The minimum atomic E-state index is 0.108. The van der Waals surface area contributed by atoms with E-state index < -0.39 is 0 Å². The molecule has 1 aromatic rings. The standard InChI is InChI=1S/C14H20INO/c15-12-6-2-3-7-13(12)16-10-14(11-17)8-4-1-5-9-14/h2-3,6-7,16-17H,1,4-5,8-11H2. The van der Waals surface area contributed by atoms with Crippen LogP contribution in [0.5, 0.6) is 0 Å². The van der Waals surface area contributed by atoms with Gasteiger partial charge < -0.3 is 10.4 Å². The Morgan fingerprint density at radius 1 is 1.18 bits per heavy atom. The first-order chi connectivity index (χ1) is 8.26. The van der Waals surface area contributed by atoms with Gasteiger partial charge in [-0.3, -0.25) is 0 Å². The molecule has 0 unspecified atom stereocenters. The lowest BCUT2D eigenvalue weighted by Crippen LogP contribution is -2.35. The molecule has 94 valence electrons. The third-order valence-electron chi connectivity index (χ3n) is 3.78. The number of hydrogen-bond donors (Lipinski definition) is 2. The van der Waals surface area contributed by atoms with Crippen LogP contribution in [-0.2, 0) is 0 Å². The SMILES string of the molecule is OCC1(CNc2ccccc2I)CCCCC1. The number of para-hydroxylation sites is 1. The molecule has 0 saturated heterocycles. The van der Waals surface area contributed by atoms with Crippen LogP contribution in [0.3, 0.4) is 0 Å². The molecule has 17 heavy (non-hydrogen) atoms. The molecule has 0 spiro atoms. The fourth-order valence-corrected chi connectivity index (χ4v) is 3.16. The van der Waals surface area contributed by atoms with Gasteiger partial charge in [0.15, 0.2) is 0 Å². The third kappa shape index (κ3) is 3.35. The van der Waals surface area contributed by atoms with Gasteiger partial charge in [-0.2, -0.15) is 0 Å². The van der Waals surface area contributed by atoms with Crippen LogP contribution < -0.4 is 5.32 Å². The van der Waals surface area contributed by atoms with Crippen molar-refractivity contribution in [1.82, 2.24) is 0 Å². The van der Waals surface area contributed by atoms with E-state index in [0.29, 0.717) is 6.61 Å². The highest BCUT2D eigenvalue weighted by atomic mass is 127. The Kier molecular flexibility index (Phi) is 4.68. The molecule has 2 nitrogen and oxygen atoms in total. The van der Waals surface area contributed by atoms with Crippen LogP contribution in [0.25, 0.3) is 0 Å². The van der Waals surface area contributed by atoms with Gasteiger partial charge in [-0.1, -0.05) is 31.4 Å². The largest absolute Gasteiger partial charge is 0.396 e. The predicted octanol–water partition coefficient (Wildman–Crippen LogP) is 3.65. The maximum absolute atomic E-state index is 9.65. The van der Waals surface area contributed by atoms with Crippen molar-refractivity contribution < 1.29 is 5.11 Å². The molecule has 0 heterocycles. The van der Waals surface area contributed by atoms with Crippen molar-refractivity contribution in [3.05, 3.63) is 27.8 Å². The minimum absolute atomic E-state index is 0.108. The number of rotatable bonds is 4. The van der Waals surface area contributed by atoms with Crippen molar-refractivity contribution in [2.45, 2.75) is 32.1 Å². The van der Waals surface area contributed by atoms with Crippen LogP contribution in [0.15, 0.2) is 24.3 Å². The van der Waals surface area contributed by atoms with Crippen molar-refractivity contribution in [3.8, 4) is 0 Å². The summed E-state index contributed by atoms with van der Waals surface area (Å²) < 4.78 is 1.24. The molecule has 0 atom stereocenters. The molecule has 1 aromatic carbocycles. The molecule has 1 saturated carbocycles. The molecule has 0 aliphatic heterocycles. The van der Waals surface area contributed by atoms with Crippen molar-refractivity contribution in [3.63, 3.8) is 0 Å². The maximum atomic E-state index is 9.65. The summed E-state index contributed by atoms with van der Waals surface area (Å²) in [6, 6.07) is 8.32. The quantitative estimate of drug-likeness (QED) is 0.817. The van der Waals surface area contributed by atoms with Gasteiger partial charge in [0.05, 0.1) is 6.61 Å². The van der Waals surface area contributed by atoms with Crippen LogP contribution in [0.4, 0.5) is 5.69 Å². The number of nitrogens with one attached hydrogen (secondary N) is 1. The molecular formula is C14H20INO. The number of benzene rings is 1. The van der Waals surface area contributed by atoms with Gasteiger partial charge >= 0.3 is 0 Å². The summed E-state index contributed by atoms with van der Waals surface area (Å²) in [5.41, 5.74) is 1.29. The van der Waals surface area contributed by atoms with Gasteiger partial charge in [0.1, 0.15) is 0 Å². The zero-order chi connectivity index (χ0) is 12.1. The second-order valence-corrected chi connectivity index (χ2v) is 6.21. The molecule has 2 N–H and O–H groups in total. The van der Waals surface area contributed by atoms with Gasteiger partial charge in [-0.05, 0) is 47.6 Å². The fraction of sp³-hybridized carbons (Fsp3) is 0.571. The number of hydrogen-bond acceptors (Lipinski definition) is 2. The topological polar surface area (TPSA) is 32.3 Å².